The summed E-state index contributed by atoms with van der Waals surface area (Å²) < 4.78 is 44.4. The number of methoxy groups -OCH3 is 1. The van der Waals surface area contributed by atoms with E-state index in [0.29, 0.717) is 6.07 Å². The van der Waals surface area contributed by atoms with Gasteiger partial charge in [0.1, 0.15) is 11.3 Å². The van der Waals surface area contributed by atoms with Crippen LogP contribution < -0.4 is 0 Å². The van der Waals surface area contributed by atoms with E-state index in [-0.39, 0.29) is 16.1 Å². The lowest BCUT2D eigenvalue weighted by atomic mass is 10.1. The predicted octanol–water partition coefficient (Wildman–Crippen LogP) is 3.09. The summed E-state index contributed by atoms with van der Waals surface area (Å²) >= 11 is 5.72. The van der Waals surface area contributed by atoms with Crippen LogP contribution in [0, 0.1) is 17.5 Å². The van der Waals surface area contributed by atoms with Crippen LogP contribution in [0.2, 0.25) is 5.02 Å². The number of nitrogens with zero attached hydrogens (tertiary/aromatic N) is 1. The van der Waals surface area contributed by atoms with Crippen LogP contribution in [-0.2, 0) is 4.74 Å². The molecule has 0 aliphatic carbocycles. The number of rotatable bonds is 1. The molecule has 94 valence electrons. The first-order valence-electron chi connectivity index (χ1n) is 4.67. The zero-order valence-electron chi connectivity index (χ0n) is 8.93. The molecule has 0 spiro atoms. The molecule has 0 saturated heterocycles. The van der Waals surface area contributed by atoms with Gasteiger partial charge in [-0.3, -0.25) is 0 Å². The van der Waals surface area contributed by atoms with E-state index in [1.807, 2.05) is 0 Å². The number of pyridine rings is 1. The Labute approximate surface area is 104 Å². The van der Waals surface area contributed by atoms with Crippen molar-refractivity contribution in [2.45, 2.75) is 0 Å². The van der Waals surface area contributed by atoms with Gasteiger partial charge in [-0.15, -0.1) is 0 Å². The Hall–Kier alpha value is -1.82. The Morgan fingerprint density at radius 2 is 1.94 bits per heavy atom. The Morgan fingerprint density at radius 3 is 2.56 bits per heavy atom. The quantitative estimate of drug-likeness (QED) is 0.593. The normalized spacial score (nSPS) is 10.7. The van der Waals surface area contributed by atoms with Gasteiger partial charge in [-0.2, -0.15) is 0 Å². The molecule has 0 N–H and O–H groups in total. The Balaban J connectivity index is 2.87. The van der Waals surface area contributed by atoms with E-state index < -0.39 is 28.9 Å². The molecule has 0 atom stereocenters. The molecule has 1 heterocycles. The van der Waals surface area contributed by atoms with Gasteiger partial charge < -0.3 is 4.74 Å². The summed E-state index contributed by atoms with van der Waals surface area (Å²) in [6.07, 6.45) is 0. The van der Waals surface area contributed by atoms with Gasteiger partial charge in [-0.25, -0.2) is 22.9 Å². The number of ether oxygens (including phenoxy) is 1. The summed E-state index contributed by atoms with van der Waals surface area (Å²) in [6, 6.07) is 1.39. The number of aromatic nitrogens is 1. The largest absolute Gasteiger partial charge is 0.464 e. The van der Waals surface area contributed by atoms with E-state index in [1.165, 1.54) is 0 Å². The van der Waals surface area contributed by atoms with Crippen LogP contribution in [0.1, 0.15) is 10.5 Å². The van der Waals surface area contributed by atoms with Crippen LogP contribution in [0.3, 0.4) is 0 Å². The highest BCUT2D eigenvalue weighted by molar-refractivity contribution is 6.35. The van der Waals surface area contributed by atoms with Crippen molar-refractivity contribution in [3.05, 3.63) is 40.3 Å². The molecule has 0 amide bonds. The summed E-state index contributed by atoms with van der Waals surface area (Å²) in [6.45, 7) is 0. The maximum absolute atomic E-state index is 13.5. The lowest BCUT2D eigenvalue weighted by Crippen LogP contribution is -2.06. The number of carbonyl (C=O) groups is 1. The van der Waals surface area contributed by atoms with Gasteiger partial charge in [0.05, 0.1) is 17.5 Å². The van der Waals surface area contributed by atoms with Crippen molar-refractivity contribution in [2.75, 3.05) is 7.11 Å². The van der Waals surface area contributed by atoms with Crippen molar-refractivity contribution in [1.82, 2.24) is 4.98 Å². The van der Waals surface area contributed by atoms with Gasteiger partial charge >= 0.3 is 5.97 Å². The van der Waals surface area contributed by atoms with Gasteiger partial charge in [0, 0.05) is 6.07 Å². The predicted molar refractivity (Wildman–Crippen MR) is 58.0 cm³/mol. The first kappa shape index (κ1) is 12.6. The number of hydrogen-bond acceptors (Lipinski definition) is 3. The number of hydrogen-bond donors (Lipinski definition) is 0. The molecule has 0 radical (unpaired) electrons. The van der Waals surface area contributed by atoms with E-state index in [2.05, 4.69) is 9.72 Å². The molecule has 1 aromatic heterocycles. The first-order chi connectivity index (χ1) is 8.45. The number of esters is 1. The molecule has 0 unspecified atom stereocenters. The lowest BCUT2D eigenvalue weighted by Gasteiger charge is -2.06. The number of carbonyl (C=O) groups excluding carboxylic acids is 1. The van der Waals surface area contributed by atoms with Crippen LogP contribution in [0.5, 0.6) is 0 Å². The molecule has 0 bridgehead atoms. The molecule has 1 aromatic carbocycles. The summed E-state index contributed by atoms with van der Waals surface area (Å²) in [7, 11) is 1.09. The molecule has 18 heavy (non-hydrogen) atoms. The standard InChI is InChI=1S/C11H5ClF3NO2/c1-18-11(17)7-2-4(12)8-5(13)3-6(14)9(15)10(8)16-7/h2-3H,1H3. The van der Waals surface area contributed by atoms with Crippen molar-refractivity contribution in [3.8, 4) is 0 Å². The van der Waals surface area contributed by atoms with Crippen LogP contribution in [0.15, 0.2) is 12.1 Å². The molecule has 3 nitrogen and oxygen atoms in total. The topological polar surface area (TPSA) is 39.2 Å². The summed E-state index contributed by atoms with van der Waals surface area (Å²) in [5, 5.41) is -0.639. The SMILES string of the molecule is COC(=O)c1cc(Cl)c2c(F)cc(F)c(F)c2n1. The molecule has 0 aliphatic heterocycles. The van der Waals surface area contributed by atoms with Gasteiger partial charge in [0.15, 0.2) is 17.3 Å². The number of benzene rings is 1. The number of halogens is 4. The zero-order valence-corrected chi connectivity index (χ0v) is 9.69. The van der Waals surface area contributed by atoms with Crippen molar-refractivity contribution in [3.63, 3.8) is 0 Å². The Kier molecular flexibility index (Phi) is 3.13. The van der Waals surface area contributed by atoms with E-state index in [1.54, 1.807) is 0 Å². The molecule has 0 saturated carbocycles. The zero-order chi connectivity index (χ0) is 13.4. The fraction of sp³-hybridized carbons (Fsp3) is 0.0909. The van der Waals surface area contributed by atoms with Crippen molar-refractivity contribution in [1.29, 1.82) is 0 Å². The minimum absolute atomic E-state index is 0.253. The third kappa shape index (κ3) is 1.88. The van der Waals surface area contributed by atoms with Gasteiger partial charge in [-0.1, -0.05) is 11.6 Å². The van der Waals surface area contributed by atoms with Crippen molar-refractivity contribution >= 4 is 28.5 Å². The highest BCUT2D eigenvalue weighted by Crippen LogP contribution is 2.29. The van der Waals surface area contributed by atoms with Crippen LogP contribution in [0.25, 0.3) is 10.9 Å². The van der Waals surface area contributed by atoms with Crippen LogP contribution in [0.4, 0.5) is 13.2 Å². The molecule has 2 aromatic rings. The molecule has 0 fully saturated rings. The highest BCUT2D eigenvalue weighted by Gasteiger charge is 2.19. The highest BCUT2D eigenvalue weighted by atomic mass is 35.5. The molecular weight excluding hydrogens is 271 g/mol. The summed E-state index contributed by atoms with van der Waals surface area (Å²) in [4.78, 5) is 14.8. The molecule has 2 rings (SSSR count). The minimum Gasteiger partial charge on any atom is -0.464 e. The second-order valence-electron chi connectivity index (χ2n) is 3.36. The Morgan fingerprint density at radius 1 is 1.28 bits per heavy atom. The smallest absolute Gasteiger partial charge is 0.356 e. The van der Waals surface area contributed by atoms with Crippen LogP contribution >= 0.6 is 11.6 Å². The Bertz CT molecular complexity index is 661. The minimum atomic E-state index is -1.41. The lowest BCUT2D eigenvalue weighted by molar-refractivity contribution is 0.0594. The van der Waals surface area contributed by atoms with E-state index in [4.69, 9.17) is 11.6 Å². The molecule has 0 aliphatic rings. The summed E-state index contributed by atoms with van der Waals surface area (Å²) in [5.74, 6) is -4.73. The fourth-order valence-corrected chi connectivity index (χ4v) is 1.75. The van der Waals surface area contributed by atoms with E-state index in [9.17, 15) is 18.0 Å². The number of fused-ring (bicyclic) bond motifs is 1. The molecule has 7 heteroatoms. The van der Waals surface area contributed by atoms with Gasteiger partial charge in [0.25, 0.3) is 0 Å². The van der Waals surface area contributed by atoms with Gasteiger partial charge in [0.2, 0.25) is 0 Å². The first-order valence-corrected chi connectivity index (χ1v) is 5.05. The van der Waals surface area contributed by atoms with Crippen LogP contribution in [-0.4, -0.2) is 18.1 Å². The van der Waals surface area contributed by atoms with Crippen molar-refractivity contribution in [2.24, 2.45) is 0 Å². The fourth-order valence-electron chi connectivity index (χ4n) is 1.47. The maximum atomic E-state index is 13.5. The molecular formula is C11H5ClF3NO2. The third-order valence-corrected chi connectivity index (χ3v) is 2.57. The van der Waals surface area contributed by atoms with Gasteiger partial charge in [-0.05, 0) is 6.07 Å². The van der Waals surface area contributed by atoms with Crippen molar-refractivity contribution < 1.29 is 22.7 Å². The van der Waals surface area contributed by atoms with E-state index in [0.717, 1.165) is 13.2 Å². The summed E-state index contributed by atoms with van der Waals surface area (Å²) in [5.41, 5.74) is -0.987. The monoisotopic (exact) mass is 275 g/mol. The second-order valence-corrected chi connectivity index (χ2v) is 3.77. The average molecular weight is 276 g/mol. The average Bonchev–Trinajstić information content (AvgIpc) is 2.34. The second kappa shape index (κ2) is 4.45. The van der Waals surface area contributed by atoms with E-state index >= 15 is 0 Å². The maximum Gasteiger partial charge on any atom is 0.356 e. The third-order valence-electron chi connectivity index (χ3n) is 2.28.